The molecule has 1 rings (SSSR count). The smallest absolute Gasteiger partial charge is 0.309 e. The molecule has 1 aliphatic rings. The summed E-state index contributed by atoms with van der Waals surface area (Å²) in [4.78, 5) is 37.9. The molecule has 0 bridgehead atoms. The minimum Gasteiger partial charge on any atom is -0.756 e. The number of likely N-dealkylation sites (N-methyl/N-ethyl adjacent to an activating group) is 1. The van der Waals surface area contributed by atoms with Crippen LogP contribution in [0.5, 0.6) is 0 Å². The molecule has 1 aliphatic carbocycles. The summed E-state index contributed by atoms with van der Waals surface area (Å²) in [6.07, 6.45) is 35.9. The molecule has 1 fully saturated rings. The van der Waals surface area contributed by atoms with Gasteiger partial charge in [0.2, 0.25) is 0 Å². The first-order valence-corrected chi connectivity index (χ1v) is 26.4. The Morgan fingerprint density at radius 3 is 1.86 bits per heavy atom. The number of ether oxygens (including phenoxy) is 2. The number of carbonyl (C=O) groups is 2. The highest BCUT2D eigenvalue weighted by Crippen LogP contribution is 2.39. The van der Waals surface area contributed by atoms with Gasteiger partial charge in [-0.1, -0.05) is 159 Å². The van der Waals surface area contributed by atoms with Crippen molar-refractivity contribution in [3.63, 3.8) is 0 Å². The molecule has 3 N–H and O–H groups in total. The van der Waals surface area contributed by atoms with Gasteiger partial charge in [-0.15, -0.1) is 0 Å². The van der Waals surface area contributed by atoms with Crippen LogP contribution in [0.15, 0.2) is 36.5 Å². The monoisotopic (exact) mass is 914 g/mol. The molecule has 0 aromatic heterocycles. The highest BCUT2D eigenvalue weighted by molar-refractivity contribution is 7.45. The van der Waals surface area contributed by atoms with E-state index >= 15 is 0 Å². The van der Waals surface area contributed by atoms with E-state index in [0.717, 1.165) is 38.5 Å². The predicted molar refractivity (Wildman–Crippen MR) is 252 cm³/mol. The maximum atomic E-state index is 12.8. The first-order valence-electron chi connectivity index (χ1n) is 25.0. The summed E-state index contributed by atoms with van der Waals surface area (Å²) in [6.45, 7) is 3.76. The predicted octanol–water partition coefficient (Wildman–Crippen LogP) is 10.2. The summed E-state index contributed by atoms with van der Waals surface area (Å²) in [5.74, 6) is -1.74. The number of carbonyl (C=O) groups excluding carboxylic acids is 2. The zero-order chi connectivity index (χ0) is 46.6. The molecule has 0 aromatic carbocycles. The molecule has 1 saturated carbocycles. The Bertz CT molecular complexity index is 1290. The van der Waals surface area contributed by atoms with E-state index in [-0.39, 0.29) is 37.7 Å². The van der Waals surface area contributed by atoms with Crippen LogP contribution in [-0.4, -0.2) is 104 Å². The molecular weight excluding hydrogens is 822 g/mol. The van der Waals surface area contributed by atoms with E-state index in [1.807, 2.05) is 21.1 Å². The Balaban J connectivity index is 2.43. The minimum absolute atomic E-state index is 0.0809. The van der Waals surface area contributed by atoms with Gasteiger partial charge in [-0.25, -0.2) is 0 Å². The molecule has 368 valence electrons. The molecule has 0 amide bonds. The fraction of sp³-hybridized carbons (Fsp3) is 0.840. The summed E-state index contributed by atoms with van der Waals surface area (Å²) in [5.41, 5.74) is 0. The number of rotatable bonds is 41. The SMILES string of the molecule is CCCCCCCC/C=C\CCCCCCCCCCCCCC(=O)O[C@H](COC(=O)C/C=C\C[C@H]1[C@@H](/C=C/[C@H](O)CCCCC)[C@H](O)C[C@@H]1O)COP(=O)([O-])OCC[N+](C)(C)C. The first-order chi connectivity index (χ1) is 30.2. The van der Waals surface area contributed by atoms with E-state index in [4.69, 9.17) is 18.5 Å². The van der Waals surface area contributed by atoms with E-state index in [0.29, 0.717) is 30.3 Å². The largest absolute Gasteiger partial charge is 0.756 e. The lowest BCUT2D eigenvalue weighted by molar-refractivity contribution is -0.870. The number of unbranched alkanes of at least 4 members (excludes halogenated alkanes) is 19. The number of hydrogen-bond acceptors (Lipinski definition) is 11. The van der Waals surface area contributed by atoms with Crippen LogP contribution in [0, 0.1) is 11.8 Å². The van der Waals surface area contributed by atoms with Crippen LogP contribution in [0.2, 0.25) is 0 Å². The summed E-state index contributed by atoms with van der Waals surface area (Å²) in [7, 11) is 0.997. The molecule has 0 aromatic rings. The molecule has 0 heterocycles. The second-order valence-electron chi connectivity index (χ2n) is 18.8. The minimum atomic E-state index is -4.71. The maximum absolute atomic E-state index is 12.8. The van der Waals surface area contributed by atoms with Crippen LogP contribution in [0.25, 0.3) is 0 Å². The molecule has 7 atom stereocenters. The number of quaternary nitrogens is 1. The number of nitrogens with zero attached hydrogens (tertiary/aromatic N) is 1. The van der Waals surface area contributed by atoms with Crippen molar-refractivity contribution in [2.24, 2.45) is 11.8 Å². The molecule has 1 unspecified atom stereocenters. The molecule has 13 heteroatoms. The molecule has 0 radical (unpaired) electrons. The van der Waals surface area contributed by atoms with Gasteiger partial charge >= 0.3 is 11.9 Å². The van der Waals surface area contributed by atoms with Crippen molar-refractivity contribution in [2.45, 2.75) is 212 Å². The van der Waals surface area contributed by atoms with Crippen molar-refractivity contribution >= 4 is 19.8 Å². The fourth-order valence-electron chi connectivity index (χ4n) is 7.74. The molecule has 0 aliphatic heterocycles. The van der Waals surface area contributed by atoms with Gasteiger partial charge in [-0.05, 0) is 50.9 Å². The van der Waals surface area contributed by atoms with Gasteiger partial charge in [0.25, 0.3) is 7.82 Å². The Morgan fingerprint density at radius 1 is 0.714 bits per heavy atom. The summed E-state index contributed by atoms with van der Waals surface area (Å²) in [6, 6.07) is 0. The zero-order valence-electron chi connectivity index (χ0n) is 40.4. The Labute approximate surface area is 383 Å². The Hall–Kier alpha value is -1.89. The van der Waals surface area contributed by atoms with Crippen molar-refractivity contribution in [1.82, 2.24) is 0 Å². The zero-order valence-corrected chi connectivity index (χ0v) is 41.2. The van der Waals surface area contributed by atoms with E-state index in [1.54, 1.807) is 24.3 Å². The average Bonchev–Trinajstić information content (AvgIpc) is 3.50. The molecular formula is C50H92NO11P. The van der Waals surface area contributed by atoms with Crippen molar-refractivity contribution in [2.75, 3.05) is 47.5 Å². The Kier molecular flexibility index (Phi) is 34.9. The summed E-state index contributed by atoms with van der Waals surface area (Å²) in [5, 5.41) is 31.4. The summed E-state index contributed by atoms with van der Waals surface area (Å²) >= 11 is 0. The van der Waals surface area contributed by atoms with Crippen LogP contribution < -0.4 is 4.89 Å². The number of aliphatic hydroxyl groups excluding tert-OH is 3. The third-order valence-corrected chi connectivity index (χ3v) is 12.7. The first kappa shape index (κ1) is 59.1. The number of phosphoric ester groups is 1. The van der Waals surface area contributed by atoms with Crippen LogP contribution in [0.4, 0.5) is 0 Å². The standard InChI is InChI=1S/C50H92NO11P/c1-6-8-10-11-12-13-14-15-16-17-18-19-20-21-22-23-24-25-26-27-29-35-50(56)62-44(42-61-63(57,58)60-39-38-51(3,4)5)41-59-49(55)34-31-30-33-45-46(48(54)40-47(45)53)37-36-43(52)32-28-9-7-2/h15-16,30-31,36-37,43-48,52-54H,6-14,17-29,32-35,38-42H2,1-5H3/b16-15-,31-30-,37-36+/t43-,44-,45+,46-,47+,48-/m1/s1. The van der Waals surface area contributed by atoms with Crippen molar-refractivity contribution in [1.29, 1.82) is 0 Å². The second kappa shape index (κ2) is 37.2. The van der Waals surface area contributed by atoms with Gasteiger partial charge < -0.3 is 43.2 Å². The van der Waals surface area contributed by atoms with Crippen molar-refractivity contribution in [3.8, 4) is 0 Å². The highest BCUT2D eigenvalue weighted by Gasteiger charge is 2.39. The van der Waals surface area contributed by atoms with Gasteiger partial charge in [0, 0.05) is 18.8 Å². The summed E-state index contributed by atoms with van der Waals surface area (Å²) < 4.78 is 33.9. The lowest BCUT2D eigenvalue weighted by Gasteiger charge is -2.28. The van der Waals surface area contributed by atoms with Crippen molar-refractivity contribution in [3.05, 3.63) is 36.5 Å². The van der Waals surface area contributed by atoms with Crippen molar-refractivity contribution < 1.29 is 57.4 Å². The van der Waals surface area contributed by atoms with Gasteiger partial charge in [0.1, 0.15) is 19.8 Å². The van der Waals surface area contributed by atoms with Crippen LogP contribution in [0.1, 0.15) is 187 Å². The fourth-order valence-corrected chi connectivity index (χ4v) is 8.47. The molecule has 0 saturated heterocycles. The lowest BCUT2D eigenvalue weighted by Crippen LogP contribution is -2.37. The van der Waals surface area contributed by atoms with Gasteiger partial charge in [0.05, 0.1) is 52.5 Å². The quantitative estimate of drug-likeness (QED) is 0.0175. The van der Waals surface area contributed by atoms with E-state index in [1.165, 1.54) is 96.3 Å². The van der Waals surface area contributed by atoms with Gasteiger partial charge in [0.15, 0.2) is 6.10 Å². The van der Waals surface area contributed by atoms with Crippen LogP contribution in [0.3, 0.4) is 0 Å². The third-order valence-electron chi connectivity index (χ3n) is 11.7. The van der Waals surface area contributed by atoms with E-state index in [2.05, 4.69) is 26.0 Å². The van der Waals surface area contributed by atoms with Gasteiger partial charge in [-0.2, -0.15) is 0 Å². The Morgan fingerprint density at radius 2 is 1.27 bits per heavy atom. The van der Waals surface area contributed by atoms with E-state index in [9.17, 15) is 34.4 Å². The number of aliphatic hydroxyl groups is 3. The number of allylic oxidation sites excluding steroid dienone is 3. The normalized spacial score (nSPS) is 20.2. The number of esters is 2. The topological polar surface area (TPSA) is 172 Å². The van der Waals surface area contributed by atoms with Crippen LogP contribution >= 0.6 is 7.82 Å². The second-order valence-corrected chi connectivity index (χ2v) is 20.2. The van der Waals surface area contributed by atoms with Crippen LogP contribution in [-0.2, 0) is 32.7 Å². The number of hydrogen-bond donors (Lipinski definition) is 3. The third kappa shape index (κ3) is 34.1. The molecule has 0 spiro atoms. The maximum Gasteiger partial charge on any atom is 0.309 e. The molecule has 63 heavy (non-hydrogen) atoms. The van der Waals surface area contributed by atoms with E-state index < -0.39 is 57.4 Å². The molecule has 12 nitrogen and oxygen atoms in total. The average molecular weight is 914 g/mol. The highest BCUT2D eigenvalue weighted by atomic mass is 31.2. The van der Waals surface area contributed by atoms with Gasteiger partial charge in [-0.3, -0.25) is 14.2 Å². The lowest BCUT2D eigenvalue weighted by atomic mass is 9.89. The number of phosphoric acid groups is 1.